The molecular weight excluding hydrogens is 530 g/mol. The van der Waals surface area contributed by atoms with E-state index in [4.69, 9.17) is 35.3 Å². The van der Waals surface area contributed by atoms with Crippen LogP contribution in [0.25, 0.3) is 11.1 Å². The first-order chi connectivity index (χ1) is 19.6. The van der Waals surface area contributed by atoms with Crippen LogP contribution in [-0.4, -0.2) is 30.4 Å². The Morgan fingerprint density at radius 2 is 1.65 bits per heavy atom. The summed E-state index contributed by atoms with van der Waals surface area (Å²) in [6.07, 6.45) is 1.66. The van der Waals surface area contributed by atoms with Crippen LogP contribution in [0.1, 0.15) is 36.1 Å². The summed E-state index contributed by atoms with van der Waals surface area (Å²) < 4.78 is 28.7. The monoisotopic (exact) mass is 563 g/mol. The second-order valence-corrected chi connectivity index (χ2v) is 9.19. The van der Waals surface area contributed by atoms with E-state index >= 15 is 0 Å². The van der Waals surface area contributed by atoms with Gasteiger partial charge < -0.3 is 28.8 Å². The van der Waals surface area contributed by atoms with E-state index in [0.29, 0.717) is 47.8 Å². The zero-order chi connectivity index (χ0) is 28.5. The highest BCUT2D eigenvalue weighted by Crippen LogP contribution is 2.37. The number of aliphatic hydroxyl groups excluding tert-OH is 1. The molecule has 4 aromatic rings. The van der Waals surface area contributed by atoms with Crippen molar-refractivity contribution in [3.05, 3.63) is 94.1 Å². The molecule has 0 saturated heterocycles. The van der Waals surface area contributed by atoms with Gasteiger partial charge in [0.1, 0.15) is 37.9 Å². The Hall–Kier alpha value is -3.94. The first-order valence-corrected chi connectivity index (χ1v) is 13.6. The van der Waals surface area contributed by atoms with Crippen molar-refractivity contribution in [2.24, 2.45) is 0 Å². The number of rotatable bonds is 9. The molecule has 210 valence electrons. The molecule has 0 amide bonds. The average Bonchev–Trinajstić information content (AvgIpc) is 3.01. The third-order valence-corrected chi connectivity index (χ3v) is 6.67. The maximum Gasteiger partial charge on any atom is 0.213 e. The van der Waals surface area contributed by atoms with Gasteiger partial charge in [-0.05, 0) is 59.0 Å². The summed E-state index contributed by atoms with van der Waals surface area (Å²) in [5.41, 5.74) is 5.69. The number of aliphatic hydroxyl groups is 1. The van der Waals surface area contributed by atoms with Crippen molar-refractivity contribution < 1.29 is 28.8 Å². The number of methoxy groups -OCH3 is 1. The minimum Gasteiger partial charge on any atom is -0.488 e. The first kappa shape index (κ1) is 29.1. The Kier molecular flexibility index (Phi) is 10.1. The molecule has 0 fully saturated rings. The summed E-state index contributed by atoms with van der Waals surface area (Å²) in [6, 6.07) is 19.1. The molecular formula is C32H34ClNO6. The fourth-order valence-electron chi connectivity index (χ4n) is 4.28. The Morgan fingerprint density at radius 1 is 0.875 bits per heavy atom. The molecule has 0 unspecified atom stereocenters. The highest BCUT2D eigenvalue weighted by Gasteiger charge is 2.16. The zero-order valence-corrected chi connectivity index (χ0v) is 24.0. The van der Waals surface area contributed by atoms with Gasteiger partial charge in [0.25, 0.3) is 0 Å². The number of fused-ring (bicyclic) bond motifs is 1. The predicted octanol–water partition coefficient (Wildman–Crippen LogP) is 7.17. The van der Waals surface area contributed by atoms with Crippen molar-refractivity contribution in [1.29, 1.82) is 0 Å². The molecule has 0 bridgehead atoms. The van der Waals surface area contributed by atoms with E-state index in [-0.39, 0.29) is 13.2 Å². The number of halogens is 1. The topological polar surface area (TPSA) is 79.3 Å². The van der Waals surface area contributed by atoms with E-state index < -0.39 is 0 Å². The van der Waals surface area contributed by atoms with Gasteiger partial charge in [-0.2, -0.15) is 0 Å². The predicted molar refractivity (Wildman–Crippen MR) is 156 cm³/mol. The number of pyridine rings is 1. The molecule has 3 aromatic carbocycles. The third-order valence-electron chi connectivity index (χ3n) is 6.37. The summed E-state index contributed by atoms with van der Waals surface area (Å²) >= 11 is 6.50. The summed E-state index contributed by atoms with van der Waals surface area (Å²) in [5, 5.41) is 10.2. The molecule has 1 aliphatic rings. The first-order valence-electron chi connectivity index (χ1n) is 13.2. The lowest BCUT2D eigenvalue weighted by Crippen LogP contribution is -2.15. The molecule has 0 radical (unpaired) electrons. The smallest absolute Gasteiger partial charge is 0.213 e. The number of nitrogens with zero attached hydrogens (tertiary/aromatic N) is 1. The SMILES string of the molecule is CC.COc1cc(COc2cc(OCc3cccc(-c4ccc5c(c4)OCCO5)c3C)c(Cl)cc2CO)ccn1. The van der Waals surface area contributed by atoms with Crippen LogP contribution in [0.5, 0.6) is 28.9 Å². The summed E-state index contributed by atoms with van der Waals surface area (Å²) in [4.78, 5) is 4.11. The van der Waals surface area contributed by atoms with E-state index in [2.05, 4.69) is 18.0 Å². The van der Waals surface area contributed by atoms with Gasteiger partial charge >= 0.3 is 0 Å². The van der Waals surface area contributed by atoms with Gasteiger partial charge in [0.15, 0.2) is 11.5 Å². The van der Waals surface area contributed by atoms with Crippen LogP contribution < -0.4 is 23.7 Å². The van der Waals surface area contributed by atoms with E-state index in [9.17, 15) is 5.11 Å². The second-order valence-electron chi connectivity index (χ2n) is 8.78. The molecule has 7 nitrogen and oxygen atoms in total. The van der Waals surface area contributed by atoms with Gasteiger partial charge in [0.05, 0.1) is 18.7 Å². The molecule has 0 atom stereocenters. The van der Waals surface area contributed by atoms with Crippen LogP contribution in [0.4, 0.5) is 0 Å². The van der Waals surface area contributed by atoms with Crippen LogP contribution in [0.15, 0.2) is 66.9 Å². The van der Waals surface area contributed by atoms with Crippen LogP contribution in [0.2, 0.25) is 5.02 Å². The molecule has 2 heterocycles. The van der Waals surface area contributed by atoms with Gasteiger partial charge in [-0.1, -0.05) is 49.7 Å². The van der Waals surface area contributed by atoms with Gasteiger partial charge in [-0.15, -0.1) is 0 Å². The summed E-state index contributed by atoms with van der Waals surface area (Å²) in [5.74, 6) is 2.98. The van der Waals surface area contributed by atoms with Crippen LogP contribution in [0, 0.1) is 6.92 Å². The highest BCUT2D eigenvalue weighted by atomic mass is 35.5. The molecule has 0 saturated carbocycles. The van der Waals surface area contributed by atoms with E-state index in [1.165, 1.54) is 0 Å². The lowest BCUT2D eigenvalue weighted by atomic mass is 9.96. The Labute approximate surface area is 240 Å². The van der Waals surface area contributed by atoms with Crippen molar-refractivity contribution >= 4 is 11.6 Å². The van der Waals surface area contributed by atoms with Gasteiger partial charge in [0, 0.05) is 23.9 Å². The lowest BCUT2D eigenvalue weighted by Gasteiger charge is -2.20. The maximum absolute atomic E-state index is 9.84. The number of benzene rings is 3. The lowest BCUT2D eigenvalue weighted by molar-refractivity contribution is 0.171. The fraction of sp³-hybridized carbons (Fsp3) is 0.281. The van der Waals surface area contributed by atoms with Crippen LogP contribution >= 0.6 is 11.6 Å². The fourth-order valence-corrected chi connectivity index (χ4v) is 4.52. The maximum atomic E-state index is 9.84. The number of hydrogen-bond donors (Lipinski definition) is 1. The summed E-state index contributed by atoms with van der Waals surface area (Å²) in [7, 11) is 1.56. The largest absolute Gasteiger partial charge is 0.488 e. The Balaban J connectivity index is 0.00000181. The average molecular weight is 564 g/mol. The van der Waals surface area contributed by atoms with Gasteiger partial charge in [-0.25, -0.2) is 4.98 Å². The highest BCUT2D eigenvalue weighted by molar-refractivity contribution is 6.32. The molecule has 1 aliphatic heterocycles. The van der Waals surface area contributed by atoms with Gasteiger partial charge in [-0.3, -0.25) is 0 Å². The minimum atomic E-state index is -0.217. The quantitative estimate of drug-likeness (QED) is 0.231. The van der Waals surface area contributed by atoms with Crippen molar-refractivity contribution in [2.45, 2.75) is 40.6 Å². The Bertz CT molecular complexity index is 1440. The number of aromatic nitrogens is 1. The molecule has 40 heavy (non-hydrogen) atoms. The molecule has 0 spiro atoms. The molecule has 1 aromatic heterocycles. The van der Waals surface area contributed by atoms with Crippen LogP contribution in [-0.2, 0) is 19.8 Å². The summed E-state index contributed by atoms with van der Waals surface area (Å²) in [6.45, 7) is 7.53. The van der Waals surface area contributed by atoms with Crippen molar-refractivity contribution in [3.8, 4) is 40.0 Å². The molecule has 0 aliphatic carbocycles. The van der Waals surface area contributed by atoms with E-state index in [1.54, 1.807) is 31.5 Å². The second kappa shape index (κ2) is 13.9. The third kappa shape index (κ3) is 6.79. The van der Waals surface area contributed by atoms with Gasteiger partial charge in [0.2, 0.25) is 5.88 Å². The molecule has 1 N–H and O–H groups in total. The number of ether oxygens (including phenoxy) is 5. The van der Waals surface area contributed by atoms with E-state index in [0.717, 1.165) is 39.3 Å². The molecule has 5 rings (SSSR count). The Morgan fingerprint density at radius 3 is 2.42 bits per heavy atom. The number of hydrogen-bond acceptors (Lipinski definition) is 7. The standard InChI is InChI=1S/C30H28ClNO6.C2H6/c1-19-22(4-3-5-24(19)21-6-7-26-29(14-21)36-11-10-35-26)18-38-28-15-27(23(16-33)13-25(28)31)37-17-20-8-9-32-30(12-20)34-2;1-2/h3-9,12-15,33H,10-11,16-18H2,1-2H3;1-2H3. The van der Waals surface area contributed by atoms with Crippen molar-refractivity contribution in [2.75, 3.05) is 20.3 Å². The van der Waals surface area contributed by atoms with Crippen molar-refractivity contribution in [1.82, 2.24) is 4.98 Å². The molecule has 8 heteroatoms. The van der Waals surface area contributed by atoms with Crippen LogP contribution in [0.3, 0.4) is 0 Å². The normalized spacial score (nSPS) is 11.8. The van der Waals surface area contributed by atoms with Crippen molar-refractivity contribution in [3.63, 3.8) is 0 Å². The van der Waals surface area contributed by atoms with E-state index in [1.807, 2.05) is 50.2 Å². The minimum absolute atomic E-state index is 0.217. The zero-order valence-electron chi connectivity index (χ0n) is 23.2.